The average Bonchev–Trinajstić information content (AvgIpc) is 2.96. The fourth-order valence-corrected chi connectivity index (χ4v) is 2.22. The number of hydrogen-bond acceptors (Lipinski definition) is 3. The Bertz CT molecular complexity index is 375. The summed E-state index contributed by atoms with van der Waals surface area (Å²) in [6.45, 7) is 10.4. The van der Waals surface area contributed by atoms with E-state index in [0.717, 1.165) is 25.3 Å². The lowest BCUT2D eigenvalue weighted by atomic mass is 10.1. The van der Waals surface area contributed by atoms with Gasteiger partial charge in [0.05, 0.1) is 24.2 Å². The first-order chi connectivity index (χ1) is 8.46. The van der Waals surface area contributed by atoms with E-state index in [4.69, 9.17) is 4.74 Å². The molecule has 4 nitrogen and oxygen atoms in total. The second-order valence-corrected chi connectivity index (χ2v) is 6.21. The third kappa shape index (κ3) is 3.56. The minimum atomic E-state index is 0.129. The quantitative estimate of drug-likeness (QED) is 0.893. The van der Waals surface area contributed by atoms with Gasteiger partial charge in [0.2, 0.25) is 0 Å². The fourth-order valence-electron chi connectivity index (χ4n) is 2.22. The summed E-state index contributed by atoms with van der Waals surface area (Å²) in [6, 6.07) is 0.378. The summed E-state index contributed by atoms with van der Waals surface area (Å²) in [5.74, 6) is 0. The van der Waals surface area contributed by atoms with Gasteiger partial charge in [-0.15, -0.1) is 0 Å². The first kappa shape index (κ1) is 13.6. The number of hydrogen-bond donors (Lipinski definition) is 1. The zero-order valence-corrected chi connectivity index (χ0v) is 11.9. The van der Waals surface area contributed by atoms with E-state index in [9.17, 15) is 0 Å². The normalized spacial score (nSPS) is 22.3. The van der Waals surface area contributed by atoms with Gasteiger partial charge in [-0.3, -0.25) is 0 Å². The van der Waals surface area contributed by atoms with Crippen LogP contribution in [-0.4, -0.2) is 27.8 Å². The summed E-state index contributed by atoms with van der Waals surface area (Å²) in [4.78, 5) is 4.46. The Hall–Kier alpha value is -0.870. The van der Waals surface area contributed by atoms with E-state index in [-0.39, 0.29) is 5.54 Å². The molecule has 1 aromatic rings. The Balaban J connectivity index is 1.92. The zero-order valence-electron chi connectivity index (χ0n) is 11.9. The molecule has 4 heteroatoms. The van der Waals surface area contributed by atoms with Crippen LogP contribution in [0.25, 0.3) is 0 Å². The zero-order chi connectivity index (χ0) is 13.2. The van der Waals surface area contributed by atoms with E-state index < -0.39 is 0 Å². The third-order valence-electron chi connectivity index (χ3n) is 3.43. The Labute approximate surface area is 110 Å². The lowest BCUT2D eigenvalue weighted by Crippen LogP contribution is -2.35. The summed E-state index contributed by atoms with van der Waals surface area (Å²) in [6.07, 6.45) is 6.75. The monoisotopic (exact) mass is 251 g/mol. The molecule has 1 aliphatic heterocycles. The highest BCUT2D eigenvalue weighted by Crippen LogP contribution is 2.24. The van der Waals surface area contributed by atoms with E-state index >= 15 is 0 Å². The molecule has 1 N–H and O–H groups in total. The molecule has 0 radical (unpaired) electrons. The van der Waals surface area contributed by atoms with E-state index in [2.05, 4.69) is 48.8 Å². The largest absolute Gasteiger partial charge is 0.376 e. The van der Waals surface area contributed by atoms with Crippen LogP contribution in [0.2, 0.25) is 0 Å². The van der Waals surface area contributed by atoms with Gasteiger partial charge in [-0.25, -0.2) is 4.98 Å². The molecule has 0 bridgehead atoms. The smallest absolute Gasteiger partial charge is 0.0953 e. The molecule has 1 fully saturated rings. The molecule has 102 valence electrons. The second-order valence-electron chi connectivity index (χ2n) is 6.21. The lowest BCUT2D eigenvalue weighted by molar-refractivity contribution is 0.0732. The van der Waals surface area contributed by atoms with Crippen LogP contribution in [0, 0.1) is 0 Å². The van der Waals surface area contributed by atoms with E-state index in [1.54, 1.807) is 0 Å². The van der Waals surface area contributed by atoms with Crippen molar-refractivity contribution in [3.8, 4) is 0 Å². The van der Waals surface area contributed by atoms with Gasteiger partial charge in [0.1, 0.15) is 0 Å². The molecule has 0 amide bonds. The van der Waals surface area contributed by atoms with Crippen LogP contribution >= 0.6 is 0 Å². The highest BCUT2D eigenvalue weighted by molar-refractivity contribution is 4.99. The molecule has 2 heterocycles. The number of rotatable bonds is 4. The van der Waals surface area contributed by atoms with Crippen molar-refractivity contribution in [3.63, 3.8) is 0 Å². The summed E-state index contributed by atoms with van der Waals surface area (Å²) in [7, 11) is 0. The van der Waals surface area contributed by atoms with Crippen molar-refractivity contribution < 1.29 is 4.74 Å². The molecule has 1 aliphatic rings. The Kier molecular flexibility index (Phi) is 4.07. The second kappa shape index (κ2) is 5.41. The molecular formula is C14H25N3O. The molecule has 0 spiro atoms. The molecular weight excluding hydrogens is 226 g/mol. The first-order valence-corrected chi connectivity index (χ1v) is 6.85. The maximum absolute atomic E-state index is 5.73. The van der Waals surface area contributed by atoms with Crippen molar-refractivity contribution >= 4 is 0 Å². The molecule has 1 aromatic heterocycles. The van der Waals surface area contributed by atoms with Gasteiger partial charge >= 0.3 is 0 Å². The molecule has 1 saturated heterocycles. The SMILES string of the molecule is CC(C1CCCO1)n1cnc(CNC(C)(C)C)c1. The van der Waals surface area contributed by atoms with Crippen LogP contribution in [0.15, 0.2) is 12.5 Å². The molecule has 2 rings (SSSR count). The Morgan fingerprint density at radius 1 is 1.56 bits per heavy atom. The number of imidazole rings is 1. The highest BCUT2D eigenvalue weighted by Gasteiger charge is 2.23. The maximum atomic E-state index is 5.73. The average molecular weight is 251 g/mol. The van der Waals surface area contributed by atoms with Crippen molar-refractivity contribution in [1.29, 1.82) is 0 Å². The predicted octanol–water partition coefficient (Wildman–Crippen LogP) is 2.51. The summed E-state index contributed by atoms with van der Waals surface area (Å²) in [5, 5.41) is 3.45. The van der Waals surface area contributed by atoms with Crippen molar-refractivity contribution in [2.45, 2.75) is 64.8 Å². The van der Waals surface area contributed by atoms with E-state index in [0.29, 0.717) is 12.1 Å². The van der Waals surface area contributed by atoms with Crippen LogP contribution in [0.1, 0.15) is 52.3 Å². The van der Waals surface area contributed by atoms with Crippen LogP contribution in [-0.2, 0) is 11.3 Å². The molecule has 0 saturated carbocycles. The number of nitrogens with one attached hydrogen (secondary N) is 1. The van der Waals surface area contributed by atoms with Crippen LogP contribution in [0.5, 0.6) is 0 Å². The standard InChI is InChI=1S/C14H25N3O/c1-11(13-6-5-7-18-13)17-9-12(15-10-17)8-16-14(2,3)4/h9-11,13,16H,5-8H2,1-4H3. The molecule has 2 unspecified atom stereocenters. The van der Waals surface area contributed by atoms with Crippen molar-refractivity contribution in [2.75, 3.05) is 6.61 Å². The van der Waals surface area contributed by atoms with Gasteiger partial charge in [0.25, 0.3) is 0 Å². The molecule has 18 heavy (non-hydrogen) atoms. The van der Waals surface area contributed by atoms with Gasteiger partial charge in [0, 0.05) is 24.9 Å². The Morgan fingerprint density at radius 3 is 2.94 bits per heavy atom. The van der Waals surface area contributed by atoms with Gasteiger partial charge < -0.3 is 14.6 Å². The van der Waals surface area contributed by atoms with Crippen LogP contribution < -0.4 is 5.32 Å². The van der Waals surface area contributed by atoms with E-state index in [1.807, 2.05) is 6.33 Å². The summed E-state index contributed by atoms with van der Waals surface area (Å²) >= 11 is 0. The maximum Gasteiger partial charge on any atom is 0.0953 e. The van der Waals surface area contributed by atoms with Gasteiger partial charge in [-0.2, -0.15) is 0 Å². The minimum absolute atomic E-state index is 0.129. The number of nitrogens with zero attached hydrogens (tertiary/aromatic N) is 2. The molecule has 0 aromatic carbocycles. The van der Waals surface area contributed by atoms with Gasteiger partial charge in [-0.1, -0.05) is 0 Å². The van der Waals surface area contributed by atoms with Crippen molar-refractivity contribution in [2.24, 2.45) is 0 Å². The highest BCUT2D eigenvalue weighted by atomic mass is 16.5. The Morgan fingerprint density at radius 2 is 2.33 bits per heavy atom. The first-order valence-electron chi connectivity index (χ1n) is 6.85. The number of aromatic nitrogens is 2. The van der Waals surface area contributed by atoms with Gasteiger partial charge in [-0.05, 0) is 40.5 Å². The molecule has 2 atom stereocenters. The minimum Gasteiger partial charge on any atom is -0.376 e. The van der Waals surface area contributed by atoms with E-state index in [1.165, 1.54) is 6.42 Å². The van der Waals surface area contributed by atoms with Crippen molar-refractivity contribution in [1.82, 2.24) is 14.9 Å². The molecule has 0 aliphatic carbocycles. The topological polar surface area (TPSA) is 39.1 Å². The summed E-state index contributed by atoms with van der Waals surface area (Å²) < 4.78 is 7.90. The van der Waals surface area contributed by atoms with Crippen molar-refractivity contribution in [3.05, 3.63) is 18.2 Å². The lowest BCUT2D eigenvalue weighted by Gasteiger charge is -2.20. The fraction of sp³-hybridized carbons (Fsp3) is 0.786. The van der Waals surface area contributed by atoms with Gasteiger partial charge in [0.15, 0.2) is 0 Å². The number of ether oxygens (including phenoxy) is 1. The predicted molar refractivity (Wildman–Crippen MR) is 72.5 cm³/mol. The van der Waals surface area contributed by atoms with Crippen LogP contribution in [0.3, 0.4) is 0 Å². The third-order valence-corrected chi connectivity index (χ3v) is 3.43. The van der Waals surface area contributed by atoms with Crippen LogP contribution in [0.4, 0.5) is 0 Å². The summed E-state index contributed by atoms with van der Waals surface area (Å²) in [5.41, 5.74) is 1.22.